The summed E-state index contributed by atoms with van der Waals surface area (Å²) in [6.07, 6.45) is -4.23. The molecule has 35 heavy (non-hydrogen) atoms. The van der Waals surface area contributed by atoms with Crippen molar-refractivity contribution in [3.05, 3.63) is 100 Å². The summed E-state index contributed by atoms with van der Waals surface area (Å²) in [6, 6.07) is 23.0. The van der Waals surface area contributed by atoms with Crippen LogP contribution in [-0.2, 0) is 20.6 Å². The number of rotatable bonds is 6. The Balaban J connectivity index is 1.32. The van der Waals surface area contributed by atoms with Crippen molar-refractivity contribution in [2.24, 2.45) is 0 Å². The van der Waals surface area contributed by atoms with Gasteiger partial charge in [-0.15, -0.1) is 0 Å². The van der Waals surface area contributed by atoms with Crippen LogP contribution in [0.15, 0.2) is 72.8 Å². The van der Waals surface area contributed by atoms with Gasteiger partial charge < -0.3 is 29.2 Å². The number of aliphatic hydroxyl groups is 2. The smallest absolute Gasteiger partial charge is 0.184 e. The highest BCUT2D eigenvalue weighted by atomic mass is 35.5. The Morgan fingerprint density at radius 3 is 2.43 bits per heavy atom. The minimum Gasteiger partial charge on any atom is -0.494 e. The standard InChI is InChI=1S/C28H29ClO6/c1-2-32-21-11-8-17(9-12-21)14-20-15-19(10-13-22(20)29)26-24(30)25(31)27-23(34-26)16-33-28(35-27)18-6-4-3-5-7-18/h3-13,15,23-28,30-31H,2,14,16H2,1H3/t23?,24?,25?,26?,27-,28?/m1/s1. The average molecular weight is 497 g/mol. The van der Waals surface area contributed by atoms with Gasteiger partial charge in [0.05, 0.1) is 13.2 Å². The lowest BCUT2D eigenvalue weighted by molar-refractivity contribution is -0.330. The largest absolute Gasteiger partial charge is 0.494 e. The van der Waals surface area contributed by atoms with Gasteiger partial charge in [0.2, 0.25) is 0 Å². The summed E-state index contributed by atoms with van der Waals surface area (Å²) in [5.74, 6) is 0.824. The molecule has 2 saturated heterocycles. The predicted molar refractivity (Wildman–Crippen MR) is 132 cm³/mol. The van der Waals surface area contributed by atoms with E-state index in [1.807, 2.05) is 73.7 Å². The van der Waals surface area contributed by atoms with E-state index in [-0.39, 0.29) is 6.61 Å². The Bertz CT molecular complexity index is 1120. The van der Waals surface area contributed by atoms with Gasteiger partial charge in [0.1, 0.15) is 36.3 Å². The predicted octanol–water partition coefficient (Wildman–Crippen LogP) is 4.61. The monoisotopic (exact) mass is 496 g/mol. The molecule has 0 amide bonds. The van der Waals surface area contributed by atoms with Crippen molar-refractivity contribution in [2.45, 2.75) is 50.2 Å². The summed E-state index contributed by atoms with van der Waals surface area (Å²) in [5, 5.41) is 22.6. The topological polar surface area (TPSA) is 77.4 Å². The minimum atomic E-state index is -1.16. The quantitative estimate of drug-likeness (QED) is 0.519. The molecule has 3 aromatic carbocycles. The van der Waals surface area contributed by atoms with Gasteiger partial charge in [-0.2, -0.15) is 0 Å². The second-order valence-electron chi connectivity index (χ2n) is 8.86. The maximum atomic E-state index is 11.0. The molecular weight excluding hydrogens is 468 g/mol. The van der Waals surface area contributed by atoms with Crippen LogP contribution in [0.3, 0.4) is 0 Å². The van der Waals surface area contributed by atoms with E-state index in [1.54, 1.807) is 6.07 Å². The maximum Gasteiger partial charge on any atom is 0.184 e. The van der Waals surface area contributed by atoms with E-state index in [9.17, 15) is 10.2 Å². The van der Waals surface area contributed by atoms with Crippen LogP contribution in [0.2, 0.25) is 5.02 Å². The minimum absolute atomic E-state index is 0.247. The van der Waals surface area contributed by atoms with Crippen molar-refractivity contribution in [3.63, 3.8) is 0 Å². The van der Waals surface area contributed by atoms with Crippen molar-refractivity contribution in [3.8, 4) is 5.75 Å². The first kappa shape index (κ1) is 24.3. The van der Waals surface area contributed by atoms with Crippen LogP contribution < -0.4 is 4.74 Å². The van der Waals surface area contributed by atoms with Gasteiger partial charge in [0.15, 0.2) is 6.29 Å². The highest BCUT2D eigenvalue weighted by molar-refractivity contribution is 6.31. The molecule has 2 N–H and O–H groups in total. The molecule has 0 spiro atoms. The van der Waals surface area contributed by atoms with Gasteiger partial charge in [-0.25, -0.2) is 0 Å². The molecule has 0 aromatic heterocycles. The summed E-state index contributed by atoms with van der Waals surface area (Å²) < 4.78 is 23.6. The molecule has 2 aliphatic heterocycles. The number of aliphatic hydroxyl groups excluding tert-OH is 2. The lowest BCUT2D eigenvalue weighted by Gasteiger charge is -2.46. The summed E-state index contributed by atoms with van der Waals surface area (Å²) in [7, 11) is 0. The van der Waals surface area contributed by atoms with Crippen molar-refractivity contribution in [1.82, 2.24) is 0 Å². The van der Waals surface area contributed by atoms with Crippen LogP contribution >= 0.6 is 11.6 Å². The van der Waals surface area contributed by atoms with E-state index in [1.165, 1.54) is 0 Å². The lowest BCUT2D eigenvalue weighted by Crippen LogP contribution is -2.59. The molecule has 2 fully saturated rings. The van der Waals surface area contributed by atoms with Crippen LogP contribution in [0, 0.1) is 0 Å². The van der Waals surface area contributed by atoms with Gasteiger partial charge in [0, 0.05) is 10.6 Å². The fourth-order valence-corrected chi connectivity index (χ4v) is 4.85. The first-order chi connectivity index (χ1) is 17.0. The van der Waals surface area contributed by atoms with Crippen LogP contribution in [0.25, 0.3) is 0 Å². The first-order valence-electron chi connectivity index (χ1n) is 11.9. The molecule has 2 heterocycles. The van der Waals surface area contributed by atoms with E-state index < -0.39 is 36.8 Å². The highest BCUT2D eigenvalue weighted by Crippen LogP contribution is 2.39. The van der Waals surface area contributed by atoms with Gasteiger partial charge in [-0.3, -0.25) is 0 Å². The molecular formula is C28H29ClO6. The Hall–Kier alpha value is -2.45. The molecule has 0 aliphatic carbocycles. The molecule has 0 radical (unpaired) electrons. The van der Waals surface area contributed by atoms with Crippen LogP contribution in [0.1, 0.15) is 41.6 Å². The van der Waals surface area contributed by atoms with E-state index in [4.69, 9.17) is 30.5 Å². The van der Waals surface area contributed by atoms with Crippen LogP contribution in [0.4, 0.5) is 0 Å². The van der Waals surface area contributed by atoms with Crippen molar-refractivity contribution in [2.75, 3.05) is 13.2 Å². The number of ether oxygens (including phenoxy) is 4. The van der Waals surface area contributed by atoms with E-state index in [2.05, 4.69) is 0 Å². The zero-order chi connectivity index (χ0) is 24.4. The average Bonchev–Trinajstić information content (AvgIpc) is 2.89. The molecule has 0 bridgehead atoms. The first-order valence-corrected chi connectivity index (χ1v) is 12.2. The Kier molecular flexibility index (Phi) is 7.39. The third-order valence-electron chi connectivity index (χ3n) is 6.48. The number of hydrogen-bond donors (Lipinski definition) is 2. The molecule has 6 nitrogen and oxygen atoms in total. The van der Waals surface area contributed by atoms with Crippen LogP contribution in [-0.4, -0.2) is 47.8 Å². The Labute approximate surface area is 210 Å². The second-order valence-corrected chi connectivity index (χ2v) is 9.26. The van der Waals surface area contributed by atoms with Crippen molar-refractivity contribution < 1.29 is 29.2 Å². The lowest BCUT2D eigenvalue weighted by atomic mass is 9.89. The SMILES string of the molecule is CCOc1ccc(Cc2cc(C3OC4COC(c5ccccc5)O[C@H]4C(O)C3O)ccc2Cl)cc1. The maximum absolute atomic E-state index is 11.0. The van der Waals surface area contributed by atoms with Gasteiger partial charge in [-0.05, 0) is 48.2 Å². The molecule has 184 valence electrons. The van der Waals surface area contributed by atoms with Gasteiger partial charge >= 0.3 is 0 Å². The molecule has 5 rings (SSSR count). The van der Waals surface area contributed by atoms with Crippen molar-refractivity contribution >= 4 is 11.6 Å². The fraction of sp³-hybridized carbons (Fsp3) is 0.357. The van der Waals surface area contributed by atoms with Gasteiger partial charge in [-0.1, -0.05) is 66.2 Å². The Morgan fingerprint density at radius 2 is 1.69 bits per heavy atom. The number of benzene rings is 3. The molecule has 7 heteroatoms. The molecule has 6 atom stereocenters. The third-order valence-corrected chi connectivity index (χ3v) is 6.84. The zero-order valence-corrected chi connectivity index (χ0v) is 20.2. The number of hydrogen-bond acceptors (Lipinski definition) is 6. The molecule has 0 saturated carbocycles. The van der Waals surface area contributed by atoms with Crippen molar-refractivity contribution in [1.29, 1.82) is 0 Å². The molecule has 5 unspecified atom stereocenters. The van der Waals surface area contributed by atoms with E-state index in [0.717, 1.165) is 28.0 Å². The summed E-state index contributed by atoms with van der Waals surface area (Å²) in [5.41, 5.74) is 3.58. The summed E-state index contributed by atoms with van der Waals surface area (Å²) in [6.45, 7) is 2.82. The highest BCUT2D eigenvalue weighted by Gasteiger charge is 2.49. The molecule has 3 aromatic rings. The van der Waals surface area contributed by atoms with E-state index in [0.29, 0.717) is 18.1 Å². The number of halogens is 1. The normalized spacial score (nSPS) is 28.3. The van der Waals surface area contributed by atoms with Gasteiger partial charge in [0.25, 0.3) is 0 Å². The zero-order valence-electron chi connectivity index (χ0n) is 19.4. The fourth-order valence-electron chi connectivity index (χ4n) is 4.66. The molecule has 2 aliphatic rings. The van der Waals surface area contributed by atoms with Crippen LogP contribution in [0.5, 0.6) is 5.75 Å². The third kappa shape index (κ3) is 5.23. The number of fused-ring (bicyclic) bond motifs is 1. The summed E-state index contributed by atoms with van der Waals surface area (Å²) in [4.78, 5) is 0. The Morgan fingerprint density at radius 1 is 0.914 bits per heavy atom. The van der Waals surface area contributed by atoms with E-state index >= 15 is 0 Å². The second kappa shape index (κ2) is 10.7. The summed E-state index contributed by atoms with van der Waals surface area (Å²) >= 11 is 6.50.